The molecule has 0 radical (unpaired) electrons. The summed E-state index contributed by atoms with van der Waals surface area (Å²) in [5.74, 6) is 1.55. The third-order valence-electron chi connectivity index (χ3n) is 3.11. The topological polar surface area (TPSA) is 91.8 Å². The molecule has 1 aromatic carbocycles. The summed E-state index contributed by atoms with van der Waals surface area (Å²) >= 11 is 0. The summed E-state index contributed by atoms with van der Waals surface area (Å²) in [4.78, 5) is 4.32. The molecule has 25 heavy (non-hydrogen) atoms. The lowest BCUT2D eigenvalue weighted by Crippen LogP contribution is -2.40. The van der Waals surface area contributed by atoms with Gasteiger partial charge in [-0.3, -0.25) is 4.99 Å². The van der Waals surface area contributed by atoms with Crippen molar-refractivity contribution in [1.29, 1.82) is 0 Å². The summed E-state index contributed by atoms with van der Waals surface area (Å²) in [5, 5.41) is 6.26. The molecular weight excluding hydrogens is 455 g/mol. The number of benzene rings is 1. The van der Waals surface area contributed by atoms with Crippen molar-refractivity contribution >= 4 is 40.0 Å². The number of guanidine groups is 1. The maximum absolute atomic E-state index is 11.3. The first-order valence-electron chi connectivity index (χ1n) is 8.16. The van der Waals surface area contributed by atoms with Crippen molar-refractivity contribution in [1.82, 2.24) is 15.4 Å². The number of hydrogen-bond acceptors (Lipinski definition) is 4. The molecule has 0 fully saturated rings. The number of hydrogen-bond donors (Lipinski definition) is 3. The Kier molecular flexibility index (Phi) is 12.6. The first-order valence-corrected chi connectivity index (χ1v) is 9.81. The van der Waals surface area contributed by atoms with Crippen molar-refractivity contribution in [3.05, 3.63) is 29.8 Å². The van der Waals surface area contributed by atoms with Crippen molar-refractivity contribution < 1.29 is 13.2 Å². The monoisotopic (exact) mass is 484 g/mol. The molecule has 0 spiro atoms. The highest BCUT2D eigenvalue weighted by molar-refractivity contribution is 14.0. The first kappa shape index (κ1) is 23.9. The Morgan fingerprint density at radius 1 is 1.12 bits per heavy atom. The number of halogens is 1. The van der Waals surface area contributed by atoms with E-state index in [2.05, 4.69) is 20.3 Å². The van der Waals surface area contributed by atoms with Gasteiger partial charge in [-0.2, -0.15) is 0 Å². The standard InChI is InChI=1S/C16H28N4O3S.HI/c1-4-17-16(18-10-11-20-24(21,22)5-2)19-12-13-23-15-8-6-14(3)7-9-15;/h6-9,20H,4-5,10-13H2,1-3H3,(H2,17,18,19);1H. The van der Waals surface area contributed by atoms with Crippen LogP contribution in [-0.4, -0.2) is 52.9 Å². The third kappa shape index (κ3) is 11.2. The summed E-state index contributed by atoms with van der Waals surface area (Å²) in [7, 11) is -3.16. The average Bonchev–Trinajstić information content (AvgIpc) is 2.57. The van der Waals surface area contributed by atoms with E-state index in [0.29, 0.717) is 25.7 Å². The van der Waals surface area contributed by atoms with Crippen LogP contribution in [0.1, 0.15) is 19.4 Å². The minimum Gasteiger partial charge on any atom is -0.492 e. The normalized spacial score (nSPS) is 11.6. The van der Waals surface area contributed by atoms with Crippen molar-refractivity contribution in [2.75, 3.05) is 38.5 Å². The molecule has 0 bridgehead atoms. The molecule has 0 atom stereocenters. The van der Waals surface area contributed by atoms with Crippen LogP contribution in [0.5, 0.6) is 5.75 Å². The van der Waals surface area contributed by atoms with Gasteiger partial charge < -0.3 is 15.4 Å². The van der Waals surface area contributed by atoms with Crippen LogP contribution >= 0.6 is 24.0 Å². The van der Waals surface area contributed by atoms with E-state index in [4.69, 9.17) is 4.74 Å². The van der Waals surface area contributed by atoms with Gasteiger partial charge in [-0.15, -0.1) is 24.0 Å². The van der Waals surface area contributed by atoms with Gasteiger partial charge in [0.25, 0.3) is 0 Å². The van der Waals surface area contributed by atoms with Gasteiger partial charge in [0.1, 0.15) is 12.4 Å². The quantitative estimate of drug-likeness (QED) is 0.203. The van der Waals surface area contributed by atoms with Crippen LogP contribution in [0, 0.1) is 6.92 Å². The smallest absolute Gasteiger partial charge is 0.211 e. The van der Waals surface area contributed by atoms with Crippen molar-refractivity contribution in [3.63, 3.8) is 0 Å². The predicted molar refractivity (Wildman–Crippen MR) is 114 cm³/mol. The maximum atomic E-state index is 11.3. The molecule has 0 saturated heterocycles. The number of ether oxygens (including phenoxy) is 1. The molecule has 144 valence electrons. The van der Waals surface area contributed by atoms with Gasteiger partial charge in [0.15, 0.2) is 5.96 Å². The van der Waals surface area contributed by atoms with Crippen LogP contribution in [0.25, 0.3) is 0 Å². The van der Waals surface area contributed by atoms with E-state index >= 15 is 0 Å². The maximum Gasteiger partial charge on any atom is 0.211 e. The van der Waals surface area contributed by atoms with Crippen LogP contribution < -0.4 is 20.1 Å². The van der Waals surface area contributed by atoms with Crippen LogP contribution in [0.4, 0.5) is 0 Å². The second kappa shape index (κ2) is 13.2. The van der Waals surface area contributed by atoms with Gasteiger partial charge in [-0.1, -0.05) is 17.7 Å². The molecule has 0 aliphatic heterocycles. The molecule has 9 heteroatoms. The van der Waals surface area contributed by atoms with Crippen LogP contribution in [0.15, 0.2) is 29.3 Å². The van der Waals surface area contributed by atoms with Gasteiger partial charge in [0, 0.05) is 13.1 Å². The van der Waals surface area contributed by atoms with E-state index in [1.807, 2.05) is 38.1 Å². The SMILES string of the molecule is CCNC(=NCCNS(=O)(=O)CC)NCCOc1ccc(C)cc1.I. The largest absolute Gasteiger partial charge is 0.492 e. The average molecular weight is 484 g/mol. The fourth-order valence-corrected chi connectivity index (χ4v) is 2.39. The van der Waals surface area contributed by atoms with Crippen molar-refractivity contribution in [2.45, 2.75) is 20.8 Å². The Hall–Kier alpha value is -1.07. The van der Waals surface area contributed by atoms with E-state index in [1.165, 1.54) is 5.56 Å². The summed E-state index contributed by atoms with van der Waals surface area (Å²) < 4.78 is 30.8. The molecule has 1 aromatic rings. The van der Waals surface area contributed by atoms with Crippen LogP contribution in [0.3, 0.4) is 0 Å². The third-order valence-corrected chi connectivity index (χ3v) is 4.52. The van der Waals surface area contributed by atoms with E-state index in [-0.39, 0.29) is 36.3 Å². The Bertz CT molecular complexity index is 606. The first-order chi connectivity index (χ1) is 11.5. The molecule has 0 amide bonds. The van der Waals surface area contributed by atoms with Crippen LogP contribution in [0.2, 0.25) is 0 Å². The molecule has 0 aromatic heterocycles. The lowest BCUT2D eigenvalue weighted by atomic mass is 10.2. The molecule has 0 saturated carbocycles. The van der Waals surface area contributed by atoms with E-state index < -0.39 is 10.0 Å². The summed E-state index contributed by atoms with van der Waals surface area (Å²) in [5.41, 5.74) is 1.20. The highest BCUT2D eigenvalue weighted by Crippen LogP contribution is 2.10. The second-order valence-electron chi connectivity index (χ2n) is 5.15. The minimum atomic E-state index is -3.16. The Balaban J connectivity index is 0.00000576. The van der Waals surface area contributed by atoms with Crippen molar-refractivity contribution in [3.8, 4) is 5.75 Å². The lowest BCUT2D eigenvalue weighted by Gasteiger charge is -2.12. The van der Waals surface area contributed by atoms with Crippen molar-refractivity contribution in [2.24, 2.45) is 4.99 Å². The number of aryl methyl sites for hydroxylation is 1. The zero-order valence-corrected chi connectivity index (χ0v) is 18.2. The van der Waals surface area contributed by atoms with Crippen LogP contribution in [-0.2, 0) is 10.0 Å². The number of aliphatic imine (C=N–C) groups is 1. The minimum absolute atomic E-state index is 0. The van der Waals surface area contributed by atoms with Gasteiger partial charge in [0.05, 0.1) is 18.8 Å². The highest BCUT2D eigenvalue weighted by Gasteiger charge is 2.04. The lowest BCUT2D eigenvalue weighted by molar-refractivity contribution is 0.322. The molecule has 0 aliphatic rings. The number of rotatable bonds is 10. The van der Waals surface area contributed by atoms with Gasteiger partial charge >= 0.3 is 0 Å². The summed E-state index contributed by atoms with van der Waals surface area (Å²) in [6, 6.07) is 7.89. The number of nitrogens with zero attached hydrogens (tertiary/aromatic N) is 1. The van der Waals surface area contributed by atoms with E-state index in [0.717, 1.165) is 12.3 Å². The molecule has 0 aliphatic carbocycles. The van der Waals surface area contributed by atoms with Gasteiger partial charge in [0.2, 0.25) is 10.0 Å². The fraction of sp³-hybridized carbons (Fsp3) is 0.562. The molecule has 1 rings (SSSR count). The second-order valence-corrected chi connectivity index (χ2v) is 7.24. The summed E-state index contributed by atoms with van der Waals surface area (Å²) in [6.07, 6.45) is 0. The zero-order chi connectivity index (χ0) is 17.8. The number of sulfonamides is 1. The Labute approximate surface area is 168 Å². The van der Waals surface area contributed by atoms with E-state index in [1.54, 1.807) is 6.92 Å². The molecule has 0 unspecified atom stereocenters. The Morgan fingerprint density at radius 2 is 1.80 bits per heavy atom. The number of nitrogens with one attached hydrogen (secondary N) is 3. The highest BCUT2D eigenvalue weighted by atomic mass is 127. The molecule has 3 N–H and O–H groups in total. The Morgan fingerprint density at radius 3 is 2.40 bits per heavy atom. The van der Waals surface area contributed by atoms with E-state index in [9.17, 15) is 8.42 Å². The fourth-order valence-electron chi connectivity index (χ4n) is 1.79. The molecule has 0 heterocycles. The molecular formula is C16H29IN4O3S. The predicted octanol–water partition coefficient (Wildman–Crippen LogP) is 1.49. The van der Waals surface area contributed by atoms with Gasteiger partial charge in [-0.05, 0) is 32.9 Å². The zero-order valence-electron chi connectivity index (χ0n) is 15.0. The van der Waals surface area contributed by atoms with Gasteiger partial charge in [-0.25, -0.2) is 13.1 Å². The summed E-state index contributed by atoms with van der Waals surface area (Å²) in [6.45, 7) is 8.10. The molecule has 7 nitrogen and oxygen atoms in total.